The number of rotatable bonds is 3. The van der Waals surface area contributed by atoms with Gasteiger partial charge in [-0.1, -0.05) is 0 Å². The Kier molecular flexibility index (Phi) is 3.19. The van der Waals surface area contributed by atoms with Crippen molar-refractivity contribution in [1.82, 2.24) is 0 Å². The van der Waals surface area contributed by atoms with Crippen LogP contribution in [0, 0.1) is 0 Å². The summed E-state index contributed by atoms with van der Waals surface area (Å²) >= 11 is 0. The van der Waals surface area contributed by atoms with Crippen LogP contribution in [0.2, 0.25) is 0 Å². The molecule has 92 valence electrons. The molecule has 5 heteroatoms. The number of carboxylic acids is 1. The van der Waals surface area contributed by atoms with Crippen molar-refractivity contribution in [2.75, 3.05) is 30.8 Å². The van der Waals surface area contributed by atoms with Gasteiger partial charge >= 0.3 is 5.97 Å². The number of anilines is 2. The Morgan fingerprint density at radius 3 is 2.94 bits per heavy atom. The van der Waals surface area contributed by atoms with Crippen LogP contribution in [0.5, 0.6) is 0 Å². The SMILES string of the molecule is COC1CCN(c2cc(C(=O)O)ccc2N)C1. The average molecular weight is 236 g/mol. The van der Waals surface area contributed by atoms with E-state index in [0.717, 1.165) is 25.2 Å². The fourth-order valence-electron chi connectivity index (χ4n) is 2.09. The van der Waals surface area contributed by atoms with Gasteiger partial charge < -0.3 is 20.5 Å². The highest BCUT2D eigenvalue weighted by atomic mass is 16.5. The number of carboxylic acid groups (broad SMARTS) is 1. The predicted octanol–water partition coefficient (Wildman–Crippen LogP) is 1.19. The summed E-state index contributed by atoms with van der Waals surface area (Å²) in [6.45, 7) is 1.59. The van der Waals surface area contributed by atoms with Crippen LogP contribution in [-0.4, -0.2) is 37.4 Å². The van der Waals surface area contributed by atoms with Gasteiger partial charge in [0.25, 0.3) is 0 Å². The number of hydrogen-bond donors (Lipinski definition) is 2. The number of hydrogen-bond acceptors (Lipinski definition) is 4. The van der Waals surface area contributed by atoms with Crippen molar-refractivity contribution < 1.29 is 14.6 Å². The molecule has 2 rings (SSSR count). The monoisotopic (exact) mass is 236 g/mol. The fourth-order valence-corrected chi connectivity index (χ4v) is 2.09. The minimum Gasteiger partial charge on any atom is -0.478 e. The third kappa shape index (κ3) is 2.34. The first-order valence-electron chi connectivity index (χ1n) is 5.52. The lowest BCUT2D eigenvalue weighted by molar-refractivity contribution is 0.0697. The molecular weight excluding hydrogens is 220 g/mol. The van der Waals surface area contributed by atoms with Crippen LogP contribution < -0.4 is 10.6 Å². The second kappa shape index (κ2) is 4.63. The highest BCUT2D eigenvalue weighted by molar-refractivity contribution is 5.90. The van der Waals surface area contributed by atoms with E-state index in [-0.39, 0.29) is 11.7 Å². The number of nitrogen functional groups attached to an aromatic ring is 1. The Hall–Kier alpha value is -1.75. The van der Waals surface area contributed by atoms with E-state index >= 15 is 0 Å². The average Bonchev–Trinajstić information content (AvgIpc) is 2.77. The van der Waals surface area contributed by atoms with E-state index in [9.17, 15) is 4.79 Å². The maximum Gasteiger partial charge on any atom is 0.335 e. The van der Waals surface area contributed by atoms with Gasteiger partial charge in [-0.25, -0.2) is 4.79 Å². The number of carbonyl (C=O) groups is 1. The van der Waals surface area contributed by atoms with E-state index in [1.165, 1.54) is 6.07 Å². The molecule has 0 bridgehead atoms. The number of nitrogens with zero attached hydrogens (tertiary/aromatic N) is 1. The number of methoxy groups -OCH3 is 1. The van der Waals surface area contributed by atoms with Crippen molar-refractivity contribution in [2.24, 2.45) is 0 Å². The van der Waals surface area contributed by atoms with Crippen LogP contribution in [0.25, 0.3) is 0 Å². The van der Waals surface area contributed by atoms with Crippen LogP contribution in [0.1, 0.15) is 16.8 Å². The second-order valence-corrected chi connectivity index (χ2v) is 4.17. The largest absolute Gasteiger partial charge is 0.478 e. The summed E-state index contributed by atoms with van der Waals surface area (Å²) in [5, 5.41) is 8.96. The Bertz CT molecular complexity index is 434. The third-order valence-electron chi connectivity index (χ3n) is 3.10. The molecule has 5 nitrogen and oxygen atoms in total. The molecule has 0 radical (unpaired) electrons. The van der Waals surface area contributed by atoms with Crippen LogP contribution in [-0.2, 0) is 4.74 Å². The molecule has 1 unspecified atom stereocenters. The van der Waals surface area contributed by atoms with Crippen LogP contribution in [0.4, 0.5) is 11.4 Å². The number of ether oxygens (including phenoxy) is 1. The molecule has 0 spiro atoms. The van der Waals surface area contributed by atoms with Crippen LogP contribution >= 0.6 is 0 Å². The summed E-state index contributed by atoms with van der Waals surface area (Å²) in [4.78, 5) is 13.0. The molecule has 0 aliphatic carbocycles. The van der Waals surface area contributed by atoms with Gasteiger partial charge in [0.2, 0.25) is 0 Å². The molecule has 1 aliphatic rings. The standard InChI is InChI=1S/C12H16N2O3/c1-17-9-4-5-14(7-9)11-6-8(12(15)16)2-3-10(11)13/h2-3,6,9H,4-5,7,13H2,1H3,(H,15,16). The van der Waals surface area contributed by atoms with Crippen molar-refractivity contribution in [3.63, 3.8) is 0 Å². The zero-order chi connectivity index (χ0) is 12.4. The topological polar surface area (TPSA) is 75.8 Å². The van der Waals surface area contributed by atoms with Crippen LogP contribution in [0.3, 0.4) is 0 Å². The number of nitrogens with two attached hydrogens (primary N) is 1. The molecule has 0 amide bonds. The van der Waals surface area contributed by atoms with Crippen LogP contribution in [0.15, 0.2) is 18.2 Å². The summed E-state index contributed by atoms with van der Waals surface area (Å²) in [5.74, 6) is -0.936. The molecule has 1 aromatic carbocycles. The fraction of sp³-hybridized carbons (Fsp3) is 0.417. The van der Waals surface area contributed by atoms with E-state index in [0.29, 0.717) is 5.69 Å². The first-order chi connectivity index (χ1) is 8.11. The van der Waals surface area contributed by atoms with E-state index in [1.807, 2.05) is 0 Å². The second-order valence-electron chi connectivity index (χ2n) is 4.17. The van der Waals surface area contributed by atoms with Crippen molar-refractivity contribution in [1.29, 1.82) is 0 Å². The minimum absolute atomic E-state index is 0.197. The molecule has 17 heavy (non-hydrogen) atoms. The van der Waals surface area contributed by atoms with E-state index in [2.05, 4.69) is 4.90 Å². The lowest BCUT2D eigenvalue weighted by Crippen LogP contribution is -2.23. The van der Waals surface area contributed by atoms with Gasteiger partial charge in [-0.3, -0.25) is 0 Å². The summed E-state index contributed by atoms with van der Waals surface area (Å²) < 4.78 is 5.28. The maximum atomic E-state index is 10.9. The summed E-state index contributed by atoms with van der Waals surface area (Å²) in [6, 6.07) is 4.78. The van der Waals surface area contributed by atoms with Gasteiger partial charge in [0.05, 0.1) is 23.0 Å². The van der Waals surface area contributed by atoms with Gasteiger partial charge in [-0.15, -0.1) is 0 Å². The van der Waals surface area contributed by atoms with E-state index < -0.39 is 5.97 Å². The zero-order valence-electron chi connectivity index (χ0n) is 9.72. The Morgan fingerprint density at radius 1 is 1.59 bits per heavy atom. The molecule has 1 fully saturated rings. The first-order valence-corrected chi connectivity index (χ1v) is 5.52. The Balaban J connectivity index is 2.25. The number of aromatic carboxylic acids is 1. The first kappa shape index (κ1) is 11.7. The van der Waals surface area contributed by atoms with Gasteiger partial charge in [0.15, 0.2) is 0 Å². The molecule has 1 saturated heterocycles. The lowest BCUT2D eigenvalue weighted by atomic mass is 10.1. The zero-order valence-corrected chi connectivity index (χ0v) is 9.72. The molecule has 1 aliphatic heterocycles. The number of benzene rings is 1. The molecule has 1 atom stereocenters. The third-order valence-corrected chi connectivity index (χ3v) is 3.10. The molecule has 0 aromatic heterocycles. The van der Waals surface area contributed by atoms with Crippen molar-refractivity contribution >= 4 is 17.3 Å². The van der Waals surface area contributed by atoms with Crippen molar-refractivity contribution in [3.8, 4) is 0 Å². The lowest BCUT2D eigenvalue weighted by Gasteiger charge is -2.20. The minimum atomic E-state index is -0.936. The highest BCUT2D eigenvalue weighted by Crippen LogP contribution is 2.28. The maximum absolute atomic E-state index is 10.9. The Labute approximate surface area is 99.8 Å². The van der Waals surface area contributed by atoms with Gasteiger partial charge in [-0.2, -0.15) is 0 Å². The molecular formula is C12H16N2O3. The highest BCUT2D eigenvalue weighted by Gasteiger charge is 2.24. The van der Waals surface area contributed by atoms with E-state index in [1.54, 1.807) is 19.2 Å². The summed E-state index contributed by atoms with van der Waals surface area (Å²) in [7, 11) is 1.69. The summed E-state index contributed by atoms with van der Waals surface area (Å²) in [5.41, 5.74) is 7.53. The van der Waals surface area contributed by atoms with Crippen molar-refractivity contribution in [3.05, 3.63) is 23.8 Å². The molecule has 3 N–H and O–H groups in total. The Morgan fingerprint density at radius 2 is 2.35 bits per heavy atom. The van der Waals surface area contributed by atoms with E-state index in [4.69, 9.17) is 15.6 Å². The molecule has 1 aromatic rings. The summed E-state index contributed by atoms with van der Waals surface area (Å²) in [6.07, 6.45) is 1.13. The van der Waals surface area contributed by atoms with Gasteiger partial charge in [-0.05, 0) is 24.6 Å². The molecule has 0 saturated carbocycles. The van der Waals surface area contributed by atoms with Gasteiger partial charge in [0, 0.05) is 20.2 Å². The van der Waals surface area contributed by atoms with Gasteiger partial charge in [0.1, 0.15) is 0 Å². The normalized spacial score (nSPS) is 19.6. The quantitative estimate of drug-likeness (QED) is 0.771. The predicted molar refractivity (Wildman–Crippen MR) is 65.4 cm³/mol. The van der Waals surface area contributed by atoms with Crippen molar-refractivity contribution in [2.45, 2.75) is 12.5 Å². The molecule has 1 heterocycles. The smallest absolute Gasteiger partial charge is 0.335 e.